The monoisotopic (exact) mass is 496 g/mol. The molecule has 3 rings (SSSR count). The summed E-state index contributed by atoms with van der Waals surface area (Å²) < 4.78 is 98.0. The summed E-state index contributed by atoms with van der Waals surface area (Å²) in [6.45, 7) is 13.8. The van der Waals surface area contributed by atoms with Crippen LogP contribution in [0.25, 0.3) is 32.1 Å². The molecule has 176 valence electrons. The molecule has 0 aliphatic rings. The Morgan fingerprint density at radius 1 is 0.833 bits per heavy atom. The highest BCUT2D eigenvalue weighted by atomic mass is 19.4. The van der Waals surface area contributed by atoms with Crippen molar-refractivity contribution in [2.75, 3.05) is 0 Å². The molecule has 0 saturated carbocycles. The van der Waals surface area contributed by atoms with E-state index in [2.05, 4.69) is 9.69 Å². The maximum Gasteiger partial charge on any atom is 0.416 e. The number of rotatable bonds is 2. The highest BCUT2D eigenvalue weighted by Crippen LogP contribution is 2.34. The second-order valence-corrected chi connectivity index (χ2v) is 6.99. The average Bonchev–Trinajstić information content (AvgIpc) is 2.86. The Kier molecular flexibility index (Phi) is 6.81. The molecule has 0 radical (unpaired) electrons. The number of hydrogen-bond acceptors (Lipinski definition) is 2. The van der Waals surface area contributed by atoms with Crippen LogP contribution in [-0.2, 0) is 6.18 Å². The molecule has 0 aliphatic carbocycles. The Balaban J connectivity index is 2.61. The molecule has 0 atom stereocenters. The van der Waals surface area contributed by atoms with Crippen LogP contribution in [0.2, 0.25) is 0 Å². The first-order valence-corrected chi connectivity index (χ1v) is 9.47. The summed E-state index contributed by atoms with van der Waals surface area (Å²) in [5, 5.41) is 18.3. The Bertz CT molecular complexity index is 1670. The van der Waals surface area contributed by atoms with Gasteiger partial charge in [0.25, 0.3) is 11.4 Å². The molecule has 3 aromatic carbocycles. The lowest BCUT2D eigenvalue weighted by Crippen LogP contribution is -2.18. The lowest BCUT2D eigenvalue weighted by Gasteiger charge is -2.12. The van der Waals surface area contributed by atoms with Crippen molar-refractivity contribution >= 4 is 17.0 Å². The topological polar surface area (TPSA) is 56.3 Å². The van der Waals surface area contributed by atoms with E-state index >= 15 is 0 Å². The Hall–Kier alpha value is -5.13. The zero-order valence-corrected chi connectivity index (χ0v) is 17.5. The van der Waals surface area contributed by atoms with E-state index in [0.717, 1.165) is 36.4 Å². The van der Waals surface area contributed by atoms with Gasteiger partial charge in [0.15, 0.2) is 23.3 Å². The largest absolute Gasteiger partial charge is 0.416 e. The molecular weight excluding hydrogens is 489 g/mol. The van der Waals surface area contributed by atoms with Gasteiger partial charge in [-0.15, -0.1) is 0 Å². The normalized spacial score (nSPS) is 12.5. The number of nitriles is 2. The summed E-state index contributed by atoms with van der Waals surface area (Å²) >= 11 is 0. The van der Waals surface area contributed by atoms with Crippen LogP contribution in [0.1, 0.15) is 11.1 Å². The zero-order valence-electron chi connectivity index (χ0n) is 17.5. The highest BCUT2D eigenvalue weighted by molar-refractivity contribution is 5.83. The van der Waals surface area contributed by atoms with Crippen molar-refractivity contribution in [3.05, 3.63) is 110 Å². The first kappa shape index (κ1) is 25.5. The van der Waals surface area contributed by atoms with E-state index < -0.39 is 62.7 Å². The minimum Gasteiger partial charge on any atom is -0.232 e. The Morgan fingerprint density at radius 3 is 1.97 bits per heavy atom. The summed E-state index contributed by atoms with van der Waals surface area (Å²) in [4.78, 5) is 5.40. The molecule has 0 spiro atoms. The summed E-state index contributed by atoms with van der Waals surface area (Å²) in [7, 11) is 0. The fraction of sp³-hybridized carbons (Fsp3) is 0.0400. The molecule has 4 nitrogen and oxygen atoms in total. The third-order valence-corrected chi connectivity index (χ3v) is 4.99. The first-order chi connectivity index (χ1) is 17.0. The Morgan fingerprint density at radius 2 is 1.47 bits per heavy atom. The number of alkyl halides is 3. The molecule has 0 N–H and O–H groups in total. The third-order valence-electron chi connectivity index (χ3n) is 4.99. The second kappa shape index (κ2) is 9.62. The summed E-state index contributed by atoms with van der Waals surface area (Å²) in [6, 6.07) is 9.65. The summed E-state index contributed by atoms with van der Waals surface area (Å²) in [6.07, 6.45) is -4.80. The van der Waals surface area contributed by atoms with Gasteiger partial charge in [-0.1, -0.05) is 30.3 Å². The van der Waals surface area contributed by atoms with Crippen molar-refractivity contribution in [3.63, 3.8) is 0 Å². The van der Waals surface area contributed by atoms with Crippen LogP contribution in [0, 0.1) is 59.1 Å². The molecule has 0 aliphatic heterocycles. The van der Waals surface area contributed by atoms with Crippen LogP contribution in [-0.4, -0.2) is 0 Å². The van der Waals surface area contributed by atoms with Gasteiger partial charge in [-0.05, 0) is 28.5 Å². The van der Waals surface area contributed by atoms with Gasteiger partial charge in [-0.2, -0.15) is 18.4 Å². The van der Waals surface area contributed by atoms with Crippen molar-refractivity contribution in [2.45, 2.75) is 6.18 Å². The maximum atomic E-state index is 14.8. The molecule has 0 unspecified atom stereocenters. The molecular formula is C25H7F7N4. The van der Waals surface area contributed by atoms with Gasteiger partial charge >= 0.3 is 6.18 Å². The van der Waals surface area contributed by atoms with E-state index in [1.165, 1.54) is 6.07 Å². The van der Waals surface area contributed by atoms with Crippen molar-refractivity contribution in [2.24, 2.45) is 0 Å². The van der Waals surface area contributed by atoms with Gasteiger partial charge in [0.05, 0.1) is 35.9 Å². The maximum absolute atomic E-state index is 14.8. The zero-order chi connectivity index (χ0) is 26.8. The van der Waals surface area contributed by atoms with Crippen molar-refractivity contribution in [3.8, 4) is 23.3 Å². The summed E-state index contributed by atoms with van der Waals surface area (Å²) in [5.74, 6) is -8.23. The molecule has 0 aromatic heterocycles. The number of nitrogens with zero attached hydrogens (tertiary/aromatic N) is 4. The quantitative estimate of drug-likeness (QED) is 0.258. The minimum absolute atomic E-state index is 0.0948. The average molecular weight is 496 g/mol. The third kappa shape index (κ3) is 4.34. The lowest BCUT2D eigenvalue weighted by atomic mass is 9.94. The molecule has 0 heterocycles. The summed E-state index contributed by atoms with van der Waals surface area (Å²) in [5.41, 5.74) is -6.19. The molecule has 0 fully saturated rings. The van der Waals surface area contributed by atoms with E-state index in [9.17, 15) is 36.0 Å². The number of halogens is 7. The standard InChI is InChI=1S/C25H7F7N4/c1-35-18(11-34)13-6-7-15(16(9-13)12-4-3-5-14(8-12)25(30,31)32)17(10-33)19-20(26)22(28)24(36-2)23(29)21(19)27/h3-9H/b17-15+,18-13+. The predicted molar refractivity (Wildman–Crippen MR) is 112 cm³/mol. The van der Waals surface area contributed by atoms with Crippen molar-refractivity contribution in [1.29, 1.82) is 10.5 Å². The van der Waals surface area contributed by atoms with Crippen molar-refractivity contribution < 1.29 is 30.7 Å². The first-order valence-electron chi connectivity index (χ1n) is 9.47. The highest BCUT2D eigenvalue weighted by Gasteiger charge is 2.31. The fourth-order valence-electron chi connectivity index (χ4n) is 3.35. The molecule has 0 amide bonds. The lowest BCUT2D eigenvalue weighted by molar-refractivity contribution is -0.137. The van der Waals surface area contributed by atoms with Crippen LogP contribution in [0.4, 0.5) is 36.4 Å². The molecule has 3 aromatic rings. The fourth-order valence-corrected chi connectivity index (χ4v) is 3.35. The van der Waals surface area contributed by atoms with E-state index in [4.69, 9.17) is 18.4 Å². The molecule has 0 saturated heterocycles. The van der Waals surface area contributed by atoms with Crippen molar-refractivity contribution in [1.82, 2.24) is 0 Å². The van der Waals surface area contributed by atoms with Crippen LogP contribution in [0.5, 0.6) is 0 Å². The molecule has 36 heavy (non-hydrogen) atoms. The van der Waals surface area contributed by atoms with E-state index in [1.807, 2.05) is 0 Å². The van der Waals surface area contributed by atoms with Crippen LogP contribution >= 0.6 is 0 Å². The number of benzene rings is 3. The van der Waals surface area contributed by atoms with Crippen LogP contribution in [0.15, 0.2) is 42.5 Å². The van der Waals surface area contributed by atoms with E-state index in [1.54, 1.807) is 6.07 Å². The van der Waals surface area contributed by atoms with E-state index in [0.29, 0.717) is 6.07 Å². The van der Waals surface area contributed by atoms with Gasteiger partial charge in [0.2, 0.25) is 0 Å². The SMILES string of the molecule is [C-]#[N+]/C(C#N)=c1\cc/c(=C(/C#N)c2c(F)c(F)c([N+]#[C-])c(F)c2F)c(-c2cccc(C(F)(F)F)c2)c1. The van der Waals surface area contributed by atoms with Gasteiger partial charge in [0.1, 0.15) is 6.07 Å². The Labute approximate surface area is 198 Å². The van der Waals surface area contributed by atoms with Gasteiger partial charge in [-0.3, -0.25) is 0 Å². The predicted octanol–water partition coefficient (Wildman–Crippen LogP) is 5.75. The smallest absolute Gasteiger partial charge is 0.232 e. The van der Waals surface area contributed by atoms with Gasteiger partial charge < -0.3 is 0 Å². The number of hydrogen-bond donors (Lipinski definition) is 0. The van der Waals surface area contributed by atoms with Gasteiger partial charge in [-0.25, -0.2) is 32.5 Å². The minimum atomic E-state index is -4.80. The van der Waals surface area contributed by atoms with Crippen LogP contribution < -0.4 is 10.4 Å². The van der Waals surface area contributed by atoms with Gasteiger partial charge in [0, 0.05) is 5.22 Å². The van der Waals surface area contributed by atoms with E-state index in [-0.39, 0.29) is 16.3 Å². The van der Waals surface area contributed by atoms with Crippen LogP contribution in [0.3, 0.4) is 0 Å². The second-order valence-electron chi connectivity index (χ2n) is 6.99. The molecule has 0 bridgehead atoms. The molecule has 11 heteroatoms.